The SMILES string of the molecule is CN=C(NCCc1ccccc1C)N1CC(C)C(C(=O)OC)C1.I. The van der Waals surface area contributed by atoms with Crippen LogP contribution in [0.25, 0.3) is 0 Å². The second kappa shape index (κ2) is 9.86. The van der Waals surface area contributed by atoms with E-state index < -0.39 is 0 Å². The Balaban J connectivity index is 0.00000288. The number of aliphatic imine (C=N–C) groups is 1. The van der Waals surface area contributed by atoms with E-state index in [1.165, 1.54) is 18.2 Å². The van der Waals surface area contributed by atoms with Gasteiger partial charge in [0, 0.05) is 26.7 Å². The number of nitrogens with one attached hydrogen (secondary N) is 1. The zero-order valence-corrected chi connectivity index (χ0v) is 17.2. The molecule has 1 aromatic carbocycles. The summed E-state index contributed by atoms with van der Waals surface area (Å²) in [5.41, 5.74) is 2.66. The topological polar surface area (TPSA) is 53.9 Å². The number of nitrogens with zero attached hydrogens (tertiary/aromatic N) is 2. The summed E-state index contributed by atoms with van der Waals surface area (Å²) in [6.45, 7) is 6.53. The van der Waals surface area contributed by atoms with E-state index in [0.717, 1.165) is 25.5 Å². The van der Waals surface area contributed by atoms with Gasteiger partial charge in [0.2, 0.25) is 0 Å². The molecule has 0 saturated carbocycles. The molecule has 6 heteroatoms. The van der Waals surface area contributed by atoms with Gasteiger partial charge in [-0.2, -0.15) is 0 Å². The largest absolute Gasteiger partial charge is 0.469 e. The Morgan fingerprint density at radius 2 is 2.08 bits per heavy atom. The van der Waals surface area contributed by atoms with Gasteiger partial charge in [-0.05, 0) is 30.4 Å². The Hall–Kier alpha value is -1.31. The number of halogens is 1. The molecule has 0 aliphatic carbocycles. The Bertz CT molecular complexity index is 577. The van der Waals surface area contributed by atoms with Crippen LogP contribution in [0.1, 0.15) is 18.1 Å². The van der Waals surface area contributed by atoms with Gasteiger partial charge in [0.15, 0.2) is 5.96 Å². The molecule has 1 aliphatic heterocycles. The van der Waals surface area contributed by atoms with Gasteiger partial charge in [-0.15, -0.1) is 24.0 Å². The molecule has 0 radical (unpaired) electrons. The summed E-state index contributed by atoms with van der Waals surface area (Å²) in [6, 6.07) is 8.42. The average molecular weight is 445 g/mol. The summed E-state index contributed by atoms with van der Waals surface area (Å²) >= 11 is 0. The van der Waals surface area contributed by atoms with Crippen LogP contribution in [0.5, 0.6) is 0 Å². The summed E-state index contributed by atoms with van der Waals surface area (Å²) in [7, 11) is 3.24. The van der Waals surface area contributed by atoms with Crippen molar-refractivity contribution in [1.82, 2.24) is 10.2 Å². The van der Waals surface area contributed by atoms with E-state index in [-0.39, 0.29) is 41.8 Å². The first-order valence-electron chi connectivity index (χ1n) is 8.14. The molecule has 2 unspecified atom stereocenters. The first kappa shape index (κ1) is 20.7. The van der Waals surface area contributed by atoms with E-state index in [4.69, 9.17) is 4.74 Å². The molecule has 0 spiro atoms. The molecule has 1 heterocycles. The fourth-order valence-electron chi connectivity index (χ4n) is 3.13. The first-order chi connectivity index (χ1) is 11.1. The number of esters is 1. The number of hydrogen-bond acceptors (Lipinski definition) is 3. The maximum absolute atomic E-state index is 11.8. The van der Waals surface area contributed by atoms with E-state index in [9.17, 15) is 4.79 Å². The van der Waals surface area contributed by atoms with Gasteiger partial charge in [-0.3, -0.25) is 9.79 Å². The molecule has 2 atom stereocenters. The zero-order valence-electron chi connectivity index (χ0n) is 14.9. The lowest BCUT2D eigenvalue weighted by atomic mass is 9.99. The van der Waals surface area contributed by atoms with Crippen molar-refractivity contribution >= 4 is 35.9 Å². The third-order valence-corrected chi connectivity index (χ3v) is 4.57. The molecule has 0 amide bonds. The highest BCUT2D eigenvalue weighted by Crippen LogP contribution is 2.24. The van der Waals surface area contributed by atoms with Crippen LogP contribution < -0.4 is 5.32 Å². The van der Waals surface area contributed by atoms with Crippen LogP contribution in [-0.2, 0) is 16.0 Å². The van der Waals surface area contributed by atoms with Crippen molar-refractivity contribution in [3.05, 3.63) is 35.4 Å². The molecule has 1 saturated heterocycles. The third kappa shape index (κ3) is 5.09. The van der Waals surface area contributed by atoms with Gasteiger partial charge in [-0.25, -0.2) is 0 Å². The van der Waals surface area contributed by atoms with Crippen LogP contribution in [0.15, 0.2) is 29.3 Å². The second-order valence-electron chi connectivity index (χ2n) is 6.16. The third-order valence-electron chi connectivity index (χ3n) is 4.57. The molecule has 0 bridgehead atoms. The number of rotatable bonds is 4. The van der Waals surface area contributed by atoms with Crippen LogP contribution in [0, 0.1) is 18.8 Å². The predicted molar refractivity (Wildman–Crippen MR) is 108 cm³/mol. The van der Waals surface area contributed by atoms with Gasteiger partial charge in [0.25, 0.3) is 0 Å². The maximum atomic E-state index is 11.8. The molecule has 2 rings (SSSR count). The summed E-state index contributed by atoms with van der Waals surface area (Å²) in [6.07, 6.45) is 0.954. The molecular weight excluding hydrogens is 417 g/mol. The van der Waals surface area contributed by atoms with Crippen LogP contribution in [0.4, 0.5) is 0 Å². The predicted octanol–water partition coefficient (Wildman–Crippen LogP) is 2.47. The van der Waals surface area contributed by atoms with Crippen molar-refractivity contribution in [2.24, 2.45) is 16.8 Å². The van der Waals surface area contributed by atoms with E-state index in [2.05, 4.69) is 53.3 Å². The molecule has 1 aromatic rings. The number of aryl methyl sites for hydroxylation is 1. The fourth-order valence-corrected chi connectivity index (χ4v) is 3.13. The normalized spacial score (nSPS) is 20.5. The number of carbonyl (C=O) groups is 1. The number of methoxy groups -OCH3 is 1. The Kier molecular flexibility index (Phi) is 8.52. The highest BCUT2D eigenvalue weighted by atomic mass is 127. The van der Waals surface area contributed by atoms with Crippen molar-refractivity contribution in [3.63, 3.8) is 0 Å². The van der Waals surface area contributed by atoms with Gasteiger partial charge in [-0.1, -0.05) is 31.2 Å². The molecule has 134 valence electrons. The van der Waals surface area contributed by atoms with Gasteiger partial charge in [0.05, 0.1) is 13.0 Å². The van der Waals surface area contributed by atoms with E-state index in [0.29, 0.717) is 6.54 Å². The Morgan fingerprint density at radius 1 is 1.38 bits per heavy atom. The standard InChI is InChI=1S/C18H27N3O2.HI/c1-13-7-5-6-8-15(13)9-10-20-18(19-3)21-11-14(2)16(12-21)17(22)23-4;/h5-8,14,16H,9-12H2,1-4H3,(H,19,20);1H. The molecule has 24 heavy (non-hydrogen) atoms. The van der Waals surface area contributed by atoms with Crippen molar-refractivity contribution in [2.45, 2.75) is 20.3 Å². The molecule has 0 aromatic heterocycles. The number of guanidine groups is 1. The van der Waals surface area contributed by atoms with Crippen molar-refractivity contribution in [3.8, 4) is 0 Å². The van der Waals surface area contributed by atoms with Gasteiger partial charge >= 0.3 is 5.97 Å². The van der Waals surface area contributed by atoms with E-state index >= 15 is 0 Å². The van der Waals surface area contributed by atoms with Crippen molar-refractivity contribution in [1.29, 1.82) is 0 Å². The monoisotopic (exact) mass is 445 g/mol. The summed E-state index contributed by atoms with van der Waals surface area (Å²) < 4.78 is 4.89. The molecule has 1 fully saturated rings. The highest BCUT2D eigenvalue weighted by Gasteiger charge is 2.36. The van der Waals surface area contributed by atoms with Gasteiger partial charge < -0.3 is 15.0 Å². The zero-order chi connectivity index (χ0) is 16.8. The lowest BCUT2D eigenvalue weighted by molar-refractivity contribution is -0.145. The minimum atomic E-state index is -0.129. The van der Waals surface area contributed by atoms with Crippen LogP contribution in [0.2, 0.25) is 0 Å². The van der Waals surface area contributed by atoms with Crippen LogP contribution >= 0.6 is 24.0 Å². The average Bonchev–Trinajstić information content (AvgIpc) is 2.94. The molecule has 1 N–H and O–H groups in total. The number of benzene rings is 1. The Labute approximate surface area is 161 Å². The quantitative estimate of drug-likeness (QED) is 0.335. The van der Waals surface area contributed by atoms with Gasteiger partial charge in [0.1, 0.15) is 0 Å². The second-order valence-corrected chi connectivity index (χ2v) is 6.16. The summed E-state index contributed by atoms with van der Waals surface area (Å²) in [5.74, 6) is 0.930. The fraction of sp³-hybridized carbons (Fsp3) is 0.556. The van der Waals surface area contributed by atoms with Crippen LogP contribution in [0.3, 0.4) is 0 Å². The lowest BCUT2D eigenvalue weighted by Gasteiger charge is -2.21. The minimum Gasteiger partial charge on any atom is -0.469 e. The first-order valence-corrected chi connectivity index (χ1v) is 8.14. The van der Waals surface area contributed by atoms with Crippen molar-refractivity contribution in [2.75, 3.05) is 33.8 Å². The molecule has 5 nitrogen and oxygen atoms in total. The number of hydrogen-bond donors (Lipinski definition) is 1. The minimum absolute atomic E-state index is 0. The number of carbonyl (C=O) groups excluding carboxylic acids is 1. The lowest BCUT2D eigenvalue weighted by Crippen LogP contribution is -2.41. The van der Waals surface area contributed by atoms with E-state index in [1.54, 1.807) is 7.05 Å². The van der Waals surface area contributed by atoms with Crippen molar-refractivity contribution < 1.29 is 9.53 Å². The Morgan fingerprint density at radius 3 is 2.71 bits per heavy atom. The molecular formula is C18H28IN3O2. The maximum Gasteiger partial charge on any atom is 0.310 e. The van der Waals surface area contributed by atoms with Crippen LogP contribution in [-0.4, -0.2) is 50.6 Å². The number of ether oxygens (including phenoxy) is 1. The summed E-state index contributed by atoms with van der Waals surface area (Å²) in [5, 5.41) is 3.41. The number of likely N-dealkylation sites (tertiary alicyclic amines) is 1. The summed E-state index contributed by atoms with van der Waals surface area (Å²) in [4.78, 5) is 18.3. The smallest absolute Gasteiger partial charge is 0.310 e. The highest BCUT2D eigenvalue weighted by molar-refractivity contribution is 14.0. The molecule has 1 aliphatic rings. The van der Waals surface area contributed by atoms with E-state index in [1.807, 2.05) is 0 Å².